The Labute approximate surface area is 170 Å². The van der Waals surface area contributed by atoms with Crippen molar-refractivity contribution < 1.29 is 24.0 Å². The highest BCUT2D eigenvalue weighted by atomic mass is 16.7. The number of ketones is 1. The first-order chi connectivity index (χ1) is 14.1. The van der Waals surface area contributed by atoms with Gasteiger partial charge in [0, 0.05) is 6.54 Å². The topological polar surface area (TPSA) is 88.2 Å². The van der Waals surface area contributed by atoms with E-state index < -0.39 is 6.04 Å². The quantitative estimate of drug-likeness (QED) is 0.680. The van der Waals surface area contributed by atoms with Crippen LogP contribution in [-0.2, 0) is 25.8 Å². The second-order valence-electron chi connectivity index (χ2n) is 7.89. The molecule has 29 heavy (non-hydrogen) atoms. The highest BCUT2D eigenvalue weighted by Gasteiger charge is 2.47. The summed E-state index contributed by atoms with van der Waals surface area (Å²) >= 11 is 0. The molecule has 2 aliphatic heterocycles. The standard InChI is InChI=1S/C21H27N3O5/c25-17(14-28-18-7-4-8-18)11-22-20(26)19-10-9-16-12-23(19)21(27)24(16)29-13-15-5-2-1-3-6-15/h1-3,5-6,16,18-19H,4,7-14H2,(H,22,26)/t16-,19+/m1/s1. The van der Waals surface area contributed by atoms with Crippen LogP contribution in [0.3, 0.4) is 0 Å². The van der Waals surface area contributed by atoms with Crippen molar-refractivity contribution in [3.63, 3.8) is 0 Å². The van der Waals surface area contributed by atoms with E-state index in [9.17, 15) is 14.4 Å². The van der Waals surface area contributed by atoms with Gasteiger partial charge in [0.1, 0.15) is 19.3 Å². The molecule has 1 aliphatic carbocycles. The third-order valence-corrected chi connectivity index (χ3v) is 5.83. The number of rotatable bonds is 9. The highest BCUT2D eigenvalue weighted by molar-refractivity contribution is 5.91. The number of hydroxylamine groups is 2. The Hall–Kier alpha value is -2.45. The Morgan fingerprint density at radius 2 is 1.90 bits per heavy atom. The van der Waals surface area contributed by atoms with E-state index in [1.165, 1.54) is 5.06 Å². The maximum Gasteiger partial charge on any atom is 0.345 e. The summed E-state index contributed by atoms with van der Waals surface area (Å²) < 4.78 is 5.47. The first kappa shape index (κ1) is 19.8. The Morgan fingerprint density at radius 3 is 2.62 bits per heavy atom. The fourth-order valence-electron chi connectivity index (χ4n) is 3.89. The number of carbonyl (C=O) groups is 3. The van der Waals surface area contributed by atoms with Crippen LogP contribution in [0.4, 0.5) is 4.79 Å². The van der Waals surface area contributed by atoms with Gasteiger partial charge < -0.3 is 15.0 Å². The van der Waals surface area contributed by atoms with E-state index in [2.05, 4.69) is 5.32 Å². The molecule has 8 heteroatoms. The fourth-order valence-corrected chi connectivity index (χ4v) is 3.89. The zero-order valence-electron chi connectivity index (χ0n) is 16.4. The van der Waals surface area contributed by atoms with E-state index in [4.69, 9.17) is 9.57 Å². The summed E-state index contributed by atoms with van der Waals surface area (Å²) in [6, 6.07) is 8.75. The summed E-state index contributed by atoms with van der Waals surface area (Å²) in [6.07, 6.45) is 4.59. The summed E-state index contributed by atoms with van der Waals surface area (Å²) in [6.45, 7) is 0.733. The first-order valence-electron chi connectivity index (χ1n) is 10.3. The van der Waals surface area contributed by atoms with E-state index in [-0.39, 0.29) is 43.0 Å². The van der Waals surface area contributed by atoms with Gasteiger partial charge in [-0.25, -0.2) is 4.79 Å². The van der Waals surface area contributed by atoms with E-state index in [1.807, 2.05) is 30.3 Å². The number of nitrogens with one attached hydrogen (secondary N) is 1. The van der Waals surface area contributed by atoms with Crippen molar-refractivity contribution >= 4 is 17.7 Å². The van der Waals surface area contributed by atoms with Gasteiger partial charge in [0.15, 0.2) is 5.78 Å². The summed E-state index contributed by atoms with van der Waals surface area (Å²) in [5, 5.41) is 4.07. The van der Waals surface area contributed by atoms with Crippen LogP contribution in [-0.4, -0.2) is 65.6 Å². The fraction of sp³-hybridized carbons (Fsp3) is 0.571. The lowest BCUT2D eigenvalue weighted by atomic mass is 9.96. The Balaban J connectivity index is 1.25. The largest absolute Gasteiger partial charge is 0.370 e. The van der Waals surface area contributed by atoms with Crippen LogP contribution in [0.1, 0.15) is 37.7 Å². The molecule has 3 aliphatic rings. The second kappa shape index (κ2) is 8.92. The molecule has 4 rings (SSSR count). The minimum Gasteiger partial charge on any atom is -0.370 e. The number of carbonyl (C=O) groups excluding carboxylic acids is 3. The summed E-state index contributed by atoms with van der Waals surface area (Å²) in [5.41, 5.74) is 0.980. The number of urea groups is 1. The maximum absolute atomic E-state index is 12.7. The molecule has 2 saturated heterocycles. The monoisotopic (exact) mass is 401 g/mol. The van der Waals surface area contributed by atoms with Gasteiger partial charge in [0.2, 0.25) is 5.91 Å². The molecule has 1 aromatic rings. The van der Waals surface area contributed by atoms with Crippen molar-refractivity contribution in [1.29, 1.82) is 0 Å². The zero-order chi connectivity index (χ0) is 20.2. The average Bonchev–Trinajstić information content (AvgIpc) is 2.94. The van der Waals surface area contributed by atoms with E-state index in [0.29, 0.717) is 26.0 Å². The molecule has 0 aromatic heterocycles. The molecule has 2 bridgehead atoms. The van der Waals surface area contributed by atoms with Crippen molar-refractivity contribution in [2.45, 2.75) is 56.9 Å². The van der Waals surface area contributed by atoms with Gasteiger partial charge in [0.05, 0.1) is 18.7 Å². The number of fused-ring (bicyclic) bond motifs is 2. The summed E-state index contributed by atoms with van der Waals surface area (Å²) in [4.78, 5) is 44.5. The Bertz CT molecular complexity index is 752. The summed E-state index contributed by atoms with van der Waals surface area (Å²) in [5.74, 6) is -0.446. The third-order valence-electron chi connectivity index (χ3n) is 5.83. The van der Waals surface area contributed by atoms with Crippen LogP contribution in [0.25, 0.3) is 0 Å². The lowest BCUT2D eigenvalue weighted by Gasteiger charge is -2.29. The number of amides is 3. The molecule has 1 N–H and O–H groups in total. The van der Waals surface area contributed by atoms with Crippen LogP contribution in [0.15, 0.2) is 30.3 Å². The number of benzene rings is 1. The van der Waals surface area contributed by atoms with Gasteiger partial charge in [-0.15, -0.1) is 0 Å². The number of ether oxygens (including phenoxy) is 1. The van der Waals surface area contributed by atoms with Crippen LogP contribution in [0.2, 0.25) is 0 Å². The number of nitrogens with zero attached hydrogens (tertiary/aromatic N) is 2. The van der Waals surface area contributed by atoms with Crippen LogP contribution >= 0.6 is 0 Å². The molecule has 8 nitrogen and oxygen atoms in total. The molecule has 2 heterocycles. The van der Waals surface area contributed by atoms with Crippen molar-refractivity contribution in [1.82, 2.24) is 15.3 Å². The molecule has 1 aromatic carbocycles. The molecular weight excluding hydrogens is 374 g/mol. The molecule has 0 radical (unpaired) electrons. The minimum absolute atomic E-state index is 0.0292. The molecule has 3 amide bonds. The molecule has 0 unspecified atom stereocenters. The van der Waals surface area contributed by atoms with Gasteiger partial charge in [0.25, 0.3) is 0 Å². The van der Waals surface area contributed by atoms with Crippen molar-refractivity contribution in [3.8, 4) is 0 Å². The maximum atomic E-state index is 12.7. The first-order valence-corrected chi connectivity index (χ1v) is 10.3. The lowest BCUT2D eigenvalue weighted by Crippen LogP contribution is -2.50. The number of Topliss-reactive ketones (excluding diaryl/α,β-unsaturated/α-hetero) is 1. The van der Waals surface area contributed by atoms with Gasteiger partial charge in [-0.3, -0.25) is 14.4 Å². The van der Waals surface area contributed by atoms with Gasteiger partial charge in [-0.2, -0.15) is 5.06 Å². The predicted octanol–water partition coefficient (Wildman–Crippen LogP) is 1.64. The Morgan fingerprint density at radius 1 is 1.10 bits per heavy atom. The molecule has 0 spiro atoms. The van der Waals surface area contributed by atoms with Crippen LogP contribution in [0, 0.1) is 0 Å². The highest BCUT2D eigenvalue weighted by Crippen LogP contribution is 2.30. The lowest BCUT2D eigenvalue weighted by molar-refractivity contribution is -0.140. The van der Waals surface area contributed by atoms with Crippen molar-refractivity contribution in [2.24, 2.45) is 0 Å². The second-order valence-corrected chi connectivity index (χ2v) is 7.89. The Kier molecular flexibility index (Phi) is 6.10. The smallest absolute Gasteiger partial charge is 0.345 e. The molecule has 2 atom stereocenters. The molecule has 1 saturated carbocycles. The summed E-state index contributed by atoms with van der Waals surface area (Å²) in [7, 11) is 0. The van der Waals surface area contributed by atoms with Gasteiger partial charge >= 0.3 is 6.03 Å². The minimum atomic E-state index is -0.565. The third kappa shape index (κ3) is 4.59. The van der Waals surface area contributed by atoms with Crippen molar-refractivity contribution in [3.05, 3.63) is 35.9 Å². The predicted molar refractivity (Wildman–Crippen MR) is 104 cm³/mol. The van der Waals surface area contributed by atoms with Crippen molar-refractivity contribution in [2.75, 3.05) is 19.7 Å². The van der Waals surface area contributed by atoms with Gasteiger partial charge in [-0.1, -0.05) is 30.3 Å². The van der Waals surface area contributed by atoms with Crippen LogP contribution in [0.5, 0.6) is 0 Å². The number of hydrogen-bond acceptors (Lipinski definition) is 5. The normalized spacial score (nSPS) is 23.8. The molecule has 3 fully saturated rings. The SMILES string of the molecule is O=C(CNC(=O)[C@@H]1CC[C@@H]2CN1C(=O)N2OCc1ccccc1)COC1CCC1. The van der Waals surface area contributed by atoms with Crippen LogP contribution < -0.4 is 5.32 Å². The average molecular weight is 401 g/mol. The zero-order valence-corrected chi connectivity index (χ0v) is 16.4. The van der Waals surface area contributed by atoms with E-state index >= 15 is 0 Å². The molecular formula is C21H27N3O5. The number of piperidine rings is 1. The number of hydrogen-bond donors (Lipinski definition) is 1. The molecule has 156 valence electrons. The van der Waals surface area contributed by atoms with E-state index in [0.717, 1.165) is 24.8 Å². The van der Waals surface area contributed by atoms with Gasteiger partial charge in [-0.05, 0) is 37.7 Å². The van der Waals surface area contributed by atoms with E-state index in [1.54, 1.807) is 4.90 Å².